The van der Waals surface area contributed by atoms with Crippen LogP contribution in [0.3, 0.4) is 0 Å². The first-order chi connectivity index (χ1) is 11.1. The van der Waals surface area contributed by atoms with Crippen molar-refractivity contribution in [2.24, 2.45) is 0 Å². The Labute approximate surface area is 130 Å². The van der Waals surface area contributed by atoms with Crippen LogP contribution in [-0.4, -0.2) is 43.4 Å². The molecular formula is C14H16N4O5. The number of H-pyrrole nitrogens is 1. The first-order valence-electron chi connectivity index (χ1n) is 7.10. The average Bonchev–Trinajstić information content (AvgIpc) is 2.94. The molecule has 2 N–H and O–H groups in total. The van der Waals surface area contributed by atoms with E-state index < -0.39 is 29.7 Å². The molecule has 1 aliphatic rings. The van der Waals surface area contributed by atoms with Gasteiger partial charge in [-0.25, -0.2) is 14.8 Å². The zero-order valence-corrected chi connectivity index (χ0v) is 12.4. The van der Waals surface area contributed by atoms with E-state index in [1.165, 1.54) is 10.8 Å². The van der Waals surface area contributed by atoms with Crippen molar-refractivity contribution in [2.75, 3.05) is 6.61 Å². The summed E-state index contributed by atoms with van der Waals surface area (Å²) in [5.74, 6) is 0. The predicted molar refractivity (Wildman–Crippen MR) is 78.1 cm³/mol. The Kier molecular flexibility index (Phi) is 4.22. The highest BCUT2D eigenvalue weighted by molar-refractivity contribution is 5.02. The van der Waals surface area contributed by atoms with Gasteiger partial charge >= 0.3 is 11.7 Å². The van der Waals surface area contributed by atoms with Crippen LogP contribution in [0.4, 0.5) is 0 Å². The minimum atomic E-state index is -0.649. The zero-order valence-electron chi connectivity index (χ0n) is 12.4. The molecule has 0 bridgehead atoms. The van der Waals surface area contributed by atoms with E-state index in [1.807, 2.05) is 0 Å². The lowest BCUT2D eigenvalue weighted by Gasteiger charge is -2.16. The minimum absolute atomic E-state index is 0.171. The number of hydrogen-bond donors (Lipinski definition) is 2. The quantitative estimate of drug-likeness (QED) is 0.769. The molecule has 23 heavy (non-hydrogen) atoms. The Morgan fingerprint density at radius 2 is 2.17 bits per heavy atom. The topological polar surface area (TPSA) is 119 Å². The van der Waals surface area contributed by atoms with E-state index in [9.17, 15) is 14.7 Å². The number of aliphatic hydroxyl groups is 1. The van der Waals surface area contributed by atoms with Gasteiger partial charge in [-0.2, -0.15) is 0 Å². The smallest absolute Gasteiger partial charge is 0.330 e. The van der Waals surface area contributed by atoms with Gasteiger partial charge in [0.25, 0.3) is 5.56 Å². The third-order valence-corrected chi connectivity index (χ3v) is 3.62. The first-order valence-corrected chi connectivity index (χ1v) is 7.10. The second kappa shape index (κ2) is 6.31. The van der Waals surface area contributed by atoms with Gasteiger partial charge in [0, 0.05) is 30.6 Å². The van der Waals surface area contributed by atoms with Crippen molar-refractivity contribution in [1.82, 2.24) is 19.5 Å². The largest absolute Gasteiger partial charge is 0.457 e. The normalized spacial score (nSPS) is 23.8. The molecule has 0 unspecified atom stereocenters. The predicted octanol–water partition coefficient (Wildman–Crippen LogP) is -0.638. The lowest BCUT2D eigenvalue weighted by molar-refractivity contribution is -0.0432. The number of hydrogen-bond acceptors (Lipinski definition) is 7. The van der Waals surface area contributed by atoms with Crippen molar-refractivity contribution < 1.29 is 14.6 Å². The van der Waals surface area contributed by atoms with Crippen LogP contribution in [0, 0.1) is 6.92 Å². The molecule has 3 rings (SSSR count). The van der Waals surface area contributed by atoms with E-state index >= 15 is 0 Å². The van der Waals surface area contributed by atoms with Crippen LogP contribution in [-0.2, 0) is 4.74 Å². The summed E-state index contributed by atoms with van der Waals surface area (Å²) >= 11 is 0. The van der Waals surface area contributed by atoms with Crippen LogP contribution >= 0.6 is 0 Å². The molecule has 0 aliphatic carbocycles. The van der Waals surface area contributed by atoms with Gasteiger partial charge in [0.05, 0.1) is 6.61 Å². The molecule has 9 heteroatoms. The summed E-state index contributed by atoms with van der Waals surface area (Å²) in [6.07, 6.45) is 3.05. The highest BCUT2D eigenvalue weighted by Gasteiger charge is 2.38. The summed E-state index contributed by atoms with van der Waals surface area (Å²) in [4.78, 5) is 33.5. The molecule has 3 atom stereocenters. The molecule has 9 nitrogen and oxygen atoms in total. The average molecular weight is 320 g/mol. The SMILES string of the molecule is Cc1cn([C@H]2C[C@H](Oc3ncccn3)[C@@H](CO)O2)c(=O)[nH]c1=O. The maximum atomic E-state index is 11.9. The summed E-state index contributed by atoms with van der Waals surface area (Å²) < 4.78 is 12.6. The maximum Gasteiger partial charge on any atom is 0.330 e. The van der Waals surface area contributed by atoms with Gasteiger partial charge in [-0.3, -0.25) is 14.3 Å². The Hall–Kier alpha value is -2.52. The van der Waals surface area contributed by atoms with Crippen molar-refractivity contribution in [1.29, 1.82) is 0 Å². The molecule has 0 radical (unpaired) electrons. The van der Waals surface area contributed by atoms with Gasteiger partial charge in [0.15, 0.2) is 0 Å². The molecule has 1 fully saturated rings. The molecule has 1 saturated heterocycles. The molecule has 3 heterocycles. The first kappa shape index (κ1) is 15.4. The Balaban J connectivity index is 1.83. The number of aromatic nitrogens is 4. The van der Waals surface area contributed by atoms with Crippen molar-refractivity contribution in [3.8, 4) is 6.01 Å². The van der Waals surface area contributed by atoms with E-state index in [-0.39, 0.29) is 12.6 Å². The molecule has 0 saturated carbocycles. The minimum Gasteiger partial charge on any atom is -0.457 e. The number of rotatable bonds is 4. The van der Waals surface area contributed by atoms with Crippen LogP contribution in [0.25, 0.3) is 0 Å². The van der Waals surface area contributed by atoms with Crippen LogP contribution in [0.1, 0.15) is 18.2 Å². The number of ether oxygens (including phenoxy) is 2. The monoisotopic (exact) mass is 320 g/mol. The van der Waals surface area contributed by atoms with Crippen molar-refractivity contribution in [3.05, 3.63) is 51.1 Å². The van der Waals surface area contributed by atoms with Gasteiger partial charge in [-0.15, -0.1) is 0 Å². The number of aryl methyl sites for hydroxylation is 1. The fourth-order valence-corrected chi connectivity index (χ4v) is 2.44. The second-order valence-electron chi connectivity index (χ2n) is 5.21. The van der Waals surface area contributed by atoms with Gasteiger partial charge < -0.3 is 14.6 Å². The van der Waals surface area contributed by atoms with E-state index in [1.54, 1.807) is 25.4 Å². The van der Waals surface area contributed by atoms with Crippen molar-refractivity contribution >= 4 is 0 Å². The fourth-order valence-electron chi connectivity index (χ4n) is 2.44. The van der Waals surface area contributed by atoms with E-state index in [2.05, 4.69) is 15.0 Å². The molecule has 0 amide bonds. The van der Waals surface area contributed by atoms with Gasteiger partial charge in [0.2, 0.25) is 0 Å². The number of nitrogens with zero attached hydrogens (tertiary/aromatic N) is 3. The van der Waals surface area contributed by atoms with E-state index in [4.69, 9.17) is 9.47 Å². The Morgan fingerprint density at radius 3 is 2.87 bits per heavy atom. The molecule has 2 aromatic heterocycles. The maximum absolute atomic E-state index is 11.9. The van der Waals surface area contributed by atoms with Crippen molar-refractivity contribution in [3.63, 3.8) is 0 Å². The number of aromatic amines is 1. The lowest BCUT2D eigenvalue weighted by Crippen LogP contribution is -2.33. The molecule has 2 aromatic rings. The number of nitrogens with one attached hydrogen (secondary N) is 1. The Morgan fingerprint density at radius 1 is 1.43 bits per heavy atom. The molecular weight excluding hydrogens is 304 g/mol. The second-order valence-corrected chi connectivity index (χ2v) is 5.21. The summed E-state index contributed by atoms with van der Waals surface area (Å²) in [5, 5.41) is 9.46. The van der Waals surface area contributed by atoms with Gasteiger partial charge in [-0.1, -0.05) is 0 Å². The standard InChI is InChI=1S/C14H16N4O5/c1-8-6-18(14(21)17-12(8)20)11-5-9(10(7-19)22-11)23-13-15-3-2-4-16-13/h2-4,6,9-11,19H,5,7H2,1H3,(H,17,20,21)/t9-,10+,11+/m0/s1. The summed E-state index contributed by atoms with van der Waals surface area (Å²) in [7, 11) is 0. The van der Waals surface area contributed by atoms with Gasteiger partial charge in [-0.05, 0) is 13.0 Å². The highest BCUT2D eigenvalue weighted by Crippen LogP contribution is 2.29. The summed E-state index contributed by atoms with van der Waals surface area (Å²) in [6.45, 7) is 1.32. The van der Waals surface area contributed by atoms with Crippen LogP contribution in [0.5, 0.6) is 6.01 Å². The number of aliphatic hydroxyl groups excluding tert-OH is 1. The van der Waals surface area contributed by atoms with Gasteiger partial charge in [0.1, 0.15) is 18.4 Å². The molecule has 0 aromatic carbocycles. The van der Waals surface area contributed by atoms with Crippen LogP contribution in [0.15, 0.2) is 34.2 Å². The highest BCUT2D eigenvalue weighted by atomic mass is 16.6. The van der Waals surface area contributed by atoms with Crippen LogP contribution < -0.4 is 16.0 Å². The fraction of sp³-hybridized carbons (Fsp3) is 0.429. The summed E-state index contributed by atoms with van der Waals surface area (Å²) in [6, 6.07) is 1.83. The lowest BCUT2D eigenvalue weighted by atomic mass is 10.2. The van der Waals surface area contributed by atoms with E-state index in [0.29, 0.717) is 12.0 Å². The van der Waals surface area contributed by atoms with E-state index in [0.717, 1.165) is 0 Å². The molecule has 122 valence electrons. The Bertz CT molecular complexity index is 788. The summed E-state index contributed by atoms with van der Waals surface area (Å²) in [5.41, 5.74) is -0.614. The van der Waals surface area contributed by atoms with Crippen LogP contribution in [0.2, 0.25) is 0 Å². The third-order valence-electron chi connectivity index (χ3n) is 3.62. The van der Waals surface area contributed by atoms with Crippen molar-refractivity contribution in [2.45, 2.75) is 31.8 Å². The molecule has 1 aliphatic heterocycles. The third kappa shape index (κ3) is 3.15. The molecule has 0 spiro atoms. The zero-order chi connectivity index (χ0) is 16.4.